The molecular formula is C17H24N4O2. The number of carbonyl (C=O) groups excluding carboxylic acids is 1. The van der Waals surface area contributed by atoms with E-state index in [1.54, 1.807) is 4.90 Å². The Kier molecular flexibility index (Phi) is 4.26. The monoisotopic (exact) mass is 316 g/mol. The molecule has 0 bridgehead atoms. The summed E-state index contributed by atoms with van der Waals surface area (Å²) in [6.45, 7) is 5.91. The first-order valence-corrected chi connectivity index (χ1v) is 8.08. The van der Waals surface area contributed by atoms with Crippen molar-refractivity contribution in [3.8, 4) is 0 Å². The fourth-order valence-electron chi connectivity index (χ4n) is 3.18. The van der Waals surface area contributed by atoms with Gasteiger partial charge in [0.05, 0.1) is 18.8 Å². The number of carbonyl (C=O) groups is 1. The first kappa shape index (κ1) is 15.8. The number of nitrogens with zero attached hydrogens (tertiary/aromatic N) is 3. The van der Waals surface area contributed by atoms with Gasteiger partial charge in [-0.1, -0.05) is 13.0 Å². The average molecular weight is 316 g/mol. The van der Waals surface area contributed by atoms with Gasteiger partial charge >= 0.3 is 6.03 Å². The molecule has 0 spiro atoms. The number of aliphatic hydroxyl groups excluding tert-OH is 1. The second kappa shape index (κ2) is 6.20. The van der Waals surface area contributed by atoms with Gasteiger partial charge in [-0.05, 0) is 31.9 Å². The van der Waals surface area contributed by atoms with Crippen LogP contribution in [0.25, 0.3) is 5.65 Å². The van der Waals surface area contributed by atoms with Gasteiger partial charge in [-0.2, -0.15) is 0 Å². The van der Waals surface area contributed by atoms with Crippen LogP contribution in [0.3, 0.4) is 0 Å². The van der Waals surface area contributed by atoms with Crippen molar-refractivity contribution < 1.29 is 9.90 Å². The second-order valence-electron chi connectivity index (χ2n) is 6.78. The lowest BCUT2D eigenvalue weighted by Gasteiger charge is -2.39. The molecular weight excluding hydrogens is 292 g/mol. The minimum Gasteiger partial charge on any atom is -0.396 e. The van der Waals surface area contributed by atoms with Gasteiger partial charge in [0.25, 0.3) is 0 Å². The fourth-order valence-corrected chi connectivity index (χ4v) is 3.18. The molecule has 1 aliphatic heterocycles. The molecule has 2 aromatic heterocycles. The summed E-state index contributed by atoms with van der Waals surface area (Å²) in [7, 11) is 0. The summed E-state index contributed by atoms with van der Waals surface area (Å²) in [4.78, 5) is 18.7. The Morgan fingerprint density at radius 2 is 2.30 bits per heavy atom. The summed E-state index contributed by atoms with van der Waals surface area (Å²) in [6.07, 6.45) is 3.84. The maximum atomic E-state index is 12.4. The zero-order valence-corrected chi connectivity index (χ0v) is 13.7. The number of aryl methyl sites for hydroxylation is 1. The van der Waals surface area contributed by atoms with E-state index in [0.29, 0.717) is 13.1 Å². The second-order valence-corrected chi connectivity index (χ2v) is 6.78. The molecule has 3 rings (SSSR count). The average Bonchev–Trinajstić information content (AvgIpc) is 2.97. The molecule has 124 valence electrons. The van der Waals surface area contributed by atoms with Crippen LogP contribution in [0.2, 0.25) is 0 Å². The van der Waals surface area contributed by atoms with Crippen LogP contribution in [0.4, 0.5) is 4.79 Å². The van der Waals surface area contributed by atoms with E-state index in [0.717, 1.165) is 36.4 Å². The molecule has 2 aromatic rings. The number of amides is 2. The van der Waals surface area contributed by atoms with E-state index < -0.39 is 0 Å². The van der Waals surface area contributed by atoms with Crippen LogP contribution in [0.1, 0.15) is 31.2 Å². The molecule has 0 radical (unpaired) electrons. The molecule has 2 amide bonds. The quantitative estimate of drug-likeness (QED) is 0.909. The standard InChI is InChI=1S/C17H24N4O2/c1-13-5-3-6-15-19-14(10-21(13)15)9-18-16(23)20-8-4-7-17(2,11-20)12-22/h3,5-6,10,22H,4,7-9,11-12H2,1-2H3,(H,18,23). The van der Waals surface area contributed by atoms with Crippen molar-refractivity contribution in [2.45, 2.75) is 33.2 Å². The predicted octanol–water partition coefficient (Wildman–Crippen LogP) is 1.95. The Morgan fingerprint density at radius 1 is 1.48 bits per heavy atom. The van der Waals surface area contributed by atoms with Crippen LogP contribution < -0.4 is 5.32 Å². The van der Waals surface area contributed by atoms with Gasteiger partial charge < -0.3 is 19.7 Å². The van der Waals surface area contributed by atoms with Crippen molar-refractivity contribution in [3.63, 3.8) is 0 Å². The van der Waals surface area contributed by atoms with E-state index in [1.807, 2.05) is 42.6 Å². The Hall–Kier alpha value is -2.08. The zero-order valence-electron chi connectivity index (χ0n) is 13.7. The highest BCUT2D eigenvalue weighted by atomic mass is 16.3. The molecule has 1 atom stereocenters. The number of piperidine rings is 1. The van der Waals surface area contributed by atoms with Gasteiger partial charge in [-0.25, -0.2) is 9.78 Å². The highest BCUT2D eigenvalue weighted by Crippen LogP contribution is 2.28. The smallest absolute Gasteiger partial charge is 0.317 e. The maximum Gasteiger partial charge on any atom is 0.317 e. The van der Waals surface area contributed by atoms with Crippen LogP contribution in [0, 0.1) is 12.3 Å². The number of fused-ring (bicyclic) bond motifs is 1. The predicted molar refractivity (Wildman–Crippen MR) is 88.2 cm³/mol. The van der Waals surface area contributed by atoms with Crippen LogP contribution in [-0.4, -0.2) is 45.1 Å². The van der Waals surface area contributed by atoms with Crippen molar-refractivity contribution in [3.05, 3.63) is 35.8 Å². The highest BCUT2D eigenvalue weighted by molar-refractivity contribution is 5.74. The number of hydrogen-bond acceptors (Lipinski definition) is 3. The molecule has 1 fully saturated rings. The number of urea groups is 1. The van der Waals surface area contributed by atoms with E-state index >= 15 is 0 Å². The summed E-state index contributed by atoms with van der Waals surface area (Å²) in [6, 6.07) is 5.87. The van der Waals surface area contributed by atoms with Crippen molar-refractivity contribution in [1.82, 2.24) is 19.6 Å². The number of hydrogen-bond donors (Lipinski definition) is 2. The van der Waals surface area contributed by atoms with Crippen molar-refractivity contribution in [1.29, 1.82) is 0 Å². The molecule has 1 saturated heterocycles. The summed E-state index contributed by atoms with van der Waals surface area (Å²) in [5.41, 5.74) is 2.66. The Morgan fingerprint density at radius 3 is 3.04 bits per heavy atom. The number of aliphatic hydroxyl groups is 1. The van der Waals surface area contributed by atoms with Crippen LogP contribution in [-0.2, 0) is 6.54 Å². The number of nitrogens with one attached hydrogen (secondary N) is 1. The van der Waals surface area contributed by atoms with Gasteiger partial charge in [0.15, 0.2) is 0 Å². The highest BCUT2D eigenvalue weighted by Gasteiger charge is 2.32. The number of imidazole rings is 1. The molecule has 1 aliphatic rings. The number of aromatic nitrogens is 2. The van der Waals surface area contributed by atoms with E-state index in [-0.39, 0.29) is 18.1 Å². The lowest BCUT2D eigenvalue weighted by molar-refractivity contribution is 0.0614. The molecule has 6 nitrogen and oxygen atoms in total. The third kappa shape index (κ3) is 3.32. The Labute approximate surface area is 136 Å². The summed E-state index contributed by atoms with van der Waals surface area (Å²) in [5, 5.41) is 12.4. The molecule has 0 aromatic carbocycles. The Bertz CT molecular complexity index is 712. The minimum atomic E-state index is -0.185. The molecule has 3 heterocycles. The summed E-state index contributed by atoms with van der Waals surface area (Å²) < 4.78 is 2.02. The van der Waals surface area contributed by atoms with Crippen LogP contribution >= 0.6 is 0 Å². The molecule has 23 heavy (non-hydrogen) atoms. The topological polar surface area (TPSA) is 69.9 Å². The molecule has 2 N–H and O–H groups in total. The van der Waals surface area contributed by atoms with E-state index in [1.165, 1.54) is 0 Å². The van der Waals surface area contributed by atoms with Gasteiger partial charge in [0.1, 0.15) is 5.65 Å². The van der Waals surface area contributed by atoms with E-state index in [9.17, 15) is 9.90 Å². The number of rotatable bonds is 3. The normalized spacial score (nSPS) is 21.6. The van der Waals surface area contributed by atoms with Crippen molar-refractivity contribution in [2.75, 3.05) is 19.7 Å². The first-order valence-electron chi connectivity index (χ1n) is 8.08. The SMILES string of the molecule is Cc1cccc2nc(CNC(=O)N3CCCC(C)(CO)C3)cn12. The van der Waals surface area contributed by atoms with E-state index in [4.69, 9.17) is 0 Å². The zero-order chi connectivity index (χ0) is 16.4. The molecule has 1 unspecified atom stereocenters. The fraction of sp³-hybridized carbons (Fsp3) is 0.529. The third-order valence-corrected chi connectivity index (χ3v) is 4.62. The van der Waals surface area contributed by atoms with Crippen LogP contribution in [0.15, 0.2) is 24.4 Å². The first-order chi connectivity index (χ1) is 11.0. The number of likely N-dealkylation sites (tertiary alicyclic amines) is 1. The van der Waals surface area contributed by atoms with Gasteiger partial charge in [-0.15, -0.1) is 0 Å². The lowest BCUT2D eigenvalue weighted by Crippen LogP contribution is -2.49. The summed E-state index contributed by atoms with van der Waals surface area (Å²) >= 11 is 0. The maximum absolute atomic E-state index is 12.4. The lowest BCUT2D eigenvalue weighted by atomic mass is 9.83. The van der Waals surface area contributed by atoms with Gasteiger partial charge in [-0.3, -0.25) is 0 Å². The van der Waals surface area contributed by atoms with Gasteiger partial charge in [0.2, 0.25) is 0 Å². The molecule has 6 heteroatoms. The minimum absolute atomic E-state index is 0.0850. The van der Waals surface area contributed by atoms with E-state index in [2.05, 4.69) is 10.3 Å². The Balaban J connectivity index is 1.63. The molecule has 0 saturated carbocycles. The van der Waals surface area contributed by atoms with Crippen molar-refractivity contribution >= 4 is 11.7 Å². The van der Waals surface area contributed by atoms with Crippen LogP contribution in [0.5, 0.6) is 0 Å². The van der Waals surface area contributed by atoms with Crippen molar-refractivity contribution in [2.24, 2.45) is 5.41 Å². The third-order valence-electron chi connectivity index (χ3n) is 4.62. The summed E-state index contributed by atoms with van der Waals surface area (Å²) in [5.74, 6) is 0. The van der Waals surface area contributed by atoms with Gasteiger partial charge in [0, 0.05) is 30.4 Å². The largest absolute Gasteiger partial charge is 0.396 e. The number of pyridine rings is 1. The molecule has 0 aliphatic carbocycles.